The molecule has 1 aromatic heterocycles. The van der Waals surface area contributed by atoms with Crippen molar-refractivity contribution in [2.24, 2.45) is 0 Å². The van der Waals surface area contributed by atoms with Gasteiger partial charge in [0.05, 0.1) is 13.2 Å². The van der Waals surface area contributed by atoms with Gasteiger partial charge in [-0.1, -0.05) is 13.0 Å². The number of nitrogens with one attached hydrogen (secondary N) is 2. The molecule has 1 fully saturated rings. The Balaban J connectivity index is 1.75. The molecule has 1 aliphatic heterocycles. The third-order valence-corrected chi connectivity index (χ3v) is 3.41. The summed E-state index contributed by atoms with van der Waals surface area (Å²) in [4.78, 5) is 18.3. The van der Waals surface area contributed by atoms with Gasteiger partial charge in [0.25, 0.3) is 0 Å². The Labute approximate surface area is 125 Å². The maximum absolute atomic E-state index is 11.6. The van der Waals surface area contributed by atoms with Gasteiger partial charge in [0.2, 0.25) is 5.91 Å². The predicted octanol–water partition coefficient (Wildman–Crippen LogP) is 0.534. The molecule has 6 nitrogen and oxygen atoms in total. The lowest BCUT2D eigenvalue weighted by Gasteiger charge is -2.27. The number of carbonyl (C=O) groups excluding carboxylic acids is 1. The fourth-order valence-electron chi connectivity index (χ4n) is 2.17. The Morgan fingerprint density at radius 2 is 2.19 bits per heavy atom. The van der Waals surface area contributed by atoms with Gasteiger partial charge in [0, 0.05) is 38.8 Å². The lowest BCUT2D eigenvalue weighted by molar-refractivity contribution is -0.121. The number of hydrogen-bond acceptors (Lipinski definition) is 5. The molecule has 0 bridgehead atoms. The summed E-state index contributed by atoms with van der Waals surface area (Å²) < 4.78 is 5.33. The number of anilines is 1. The minimum Gasteiger partial charge on any atom is -0.378 e. The Bertz CT molecular complexity index is 430. The number of amides is 1. The Hall–Kier alpha value is -1.66. The first-order chi connectivity index (χ1) is 10.3. The molecule has 0 saturated carbocycles. The van der Waals surface area contributed by atoms with E-state index in [0.717, 1.165) is 50.8 Å². The zero-order chi connectivity index (χ0) is 14.9. The SMILES string of the molecule is CCNCCC(=O)NCc1ccc(N2CCOCC2)nc1. The number of aromatic nitrogens is 1. The molecule has 6 heteroatoms. The van der Waals surface area contributed by atoms with Gasteiger partial charge in [0.15, 0.2) is 0 Å². The molecule has 2 rings (SSSR count). The first-order valence-electron chi connectivity index (χ1n) is 7.54. The lowest BCUT2D eigenvalue weighted by Crippen LogP contribution is -2.36. The molecular formula is C15H24N4O2. The molecule has 0 spiro atoms. The summed E-state index contributed by atoms with van der Waals surface area (Å²) >= 11 is 0. The minimum atomic E-state index is 0.0632. The third-order valence-electron chi connectivity index (χ3n) is 3.41. The van der Waals surface area contributed by atoms with E-state index in [-0.39, 0.29) is 5.91 Å². The number of hydrogen-bond donors (Lipinski definition) is 2. The van der Waals surface area contributed by atoms with Crippen LogP contribution >= 0.6 is 0 Å². The fourth-order valence-corrected chi connectivity index (χ4v) is 2.17. The number of pyridine rings is 1. The summed E-state index contributed by atoms with van der Waals surface area (Å²) in [5.41, 5.74) is 1.02. The van der Waals surface area contributed by atoms with Crippen LogP contribution in [0, 0.1) is 0 Å². The number of rotatable bonds is 7. The number of ether oxygens (including phenoxy) is 1. The highest BCUT2D eigenvalue weighted by Gasteiger charge is 2.11. The number of morpholine rings is 1. The van der Waals surface area contributed by atoms with Crippen molar-refractivity contribution in [1.82, 2.24) is 15.6 Å². The summed E-state index contributed by atoms with van der Waals surface area (Å²) in [5, 5.41) is 6.04. The van der Waals surface area contributed by atoms with Gasteiger partial charge in [-0.05, 0) is 18.2 Å². The standard InChI is InChI=1S/C15H24N4O2/c1-2-16-6-5-15(20)18-12-13-3-4-14(17-11-13)19-7-9-21-10-8-19/h3-4,11,16H,2,5-10,12H2,1H3,(H,18,20). The van der Waals surface area contributed by atoms with Crippen LogP contribution < -0.4 is 15.5 Å². The molecular weight excluding hydrogens is 268 g/mol. The monoisotopic (exact) mass is 292 g/mol. The van der Waals surface area contributed by atoms with Crippen molar-refractivity contribution in [3.8, 4) is 0 Å². The zero-order valence-corrected chi connectivity index (χ0v) is 12.6. The normalized spacial score (nSPS) is 15.0. The first-order valence-corrected chi connectivity index (χ1v) is 7.54. The maximum Gasteiger partial charge on any atom is 0.221 e. The van der Waals surface area contributed by atoms with Crippen LogP contribution in [0.2, 0.25) is 0 Å². The molecule has 0 aromatic carbocycles. The van der Waals surface area contributed by atoms with E-state index in [1.807, 2.05) is 25.3 Å². The molecule has 1 aliphatic rings. The molecule has 0 unspecified atom stereocenters. The topological polar surface area (TPSA) is 66.5 Å². The summed E-state index contributed by atoms with van der Waals surface area (Å²) in [6.07, 6.45) is 2.34. The highest BCUT2D eigenvalue weighted by molar-refractivity contribution is 5.76. The summed E-state index contributed by atoms with van der Waals surface area (Å²) in [6.45, 7) is 7.44. The average Bonchev–Trinajstić information content (AvgIpc) is 2.54. The van der Waals surface area contributed by atoms with Crippen LogP contribution in [0.25, 0.3) is 0 Å². The number of nitrogens with zero attached hydrogens (tertiary/aromatic N) is 2. The second kappa shape index (κ2) is 8.59. The zero-order valence-electron chi connectivity index (χ0n) is 12.6. The molecule has 21 heavy (non-hydrogen) atoms. The Morgan fingerprint density at radius 3 is 2.86 bits per heavy atom. The molecule has 1 aromatic rings. The fraction of sp³-hybridized carbons (Fsp3) is 0.600. The Morgan fingerprint density at radius 1 is 1.38 bits per heavy atom. The Kier molecular flexibility index (Phi) is 6.43. The second-order valence-corrected chi connectivity index (χ2v) is 5.00. The molecule has 1 amide bonds. The van der Waals surface area contributed by atoms with Crippen LogP contribution in [0.4, 0.5) is 5.82 Å². The minimum absolute atomic E-state index is 0.0632. The summed E-state index contributed by atoms with van der Waals surface area (Å²) in [6, 6.07) is 4.02. The third kappa shape index (κ3) is 5.32. The largest absolute Gasteiger partial charge is 0.378 e. The second-order valence-electron chi connectivity index (χ2n) is 5.00. The van der Waals surface area contributed by atoms with Gasteiger partial charge in [-0.2, -0.15) is 0 Å². The smallest absolute Gasteiger partial charge is 0.221 e. The van der Waals surface area contributed by atoms with Crippen LogP contribution in [0.1, 0.15) is 18.9 Å². The van der Waals surface area contributed by atoms with E-state index in [2.05, 4.69) is 20.5 Å². The van der Waals surface area contributed by atoms with E-state index in [0.29, 0.717) is 13.0 Å². The molecule has 0 radical (unpaired) electrons. The quantitative estimate of drug-likeness (QED) is 0.718. The van der Waals surface area contributed by atoms with E-state index in [4.69, 9.17) is 4.74 Å². The maximum atomic E-state index is 11.6. The van der Waals surface area contributed by atoms with Crippen molar-refractivity contribution in [3.05, 3.63) is 23.9 Å². The van der Waals surface area contributed by atoms with Crippen molar-refractivity contribution in [3.63, 3.8) is 0 Å². The van der Waals surface area contributed by atoms with Crippen LogP contribution in [0.5, 0.6) is 0 Å². The van der Waals surface area contributed by atoms with E-state index >= 15 is 0 Å². The van der Waals surface area contributed by atoms with Crippen LogP contribution in [0.3, 0.4) is 0 Å². The van der Waals surface area contributed by atoms with Crippen molar-refractivity contribution in [1.29, 1.82) is 0 Å². The first kappa shape index (κ1) is 15.7. The molecule has 0 atom stereocenters. The van der Waals surface area contributed by atoms with E-state index in [1.165, 1.54) is 0 Å². The van der Waals surface area contributed by atoms with Gasteiger partial charge < -0.3 is 20.3 Å². The lowest BCUT2D eigenvalue weighted by atomic mass is 10.2. The van der Waals surface area contributed by atoms with Crippen molar-refractivity contribution >= 4 is 11.7 Å². The molecule has 2 heterocycles. The van der Waals surface area contributed by atoms with E-state index < -0.39 is 0 Å². The molecule has 0 aliphatic carbocycles. The van der Waals surface area contributed by atoms with Gasteiger partial charge in [-0.25, -0.2) is 4.98 Å². The molecule has 1 saturated heterocycles. The van der Waals surface area contributed by atoms with Gasteiger partial charge >= 0.3 is 0 Å². The van der Waals surface area contributed by atoms with E-state index in [9.17, 15) is 4.79 Å². The predicted molar refractivity (Wildman–Crippen MR) is 82.3 cm³/mol. The highest BCUT2D eigenvalue weighted by atomic mass is 16.5. The van der Waals surface area contributed by atoms with Gasteiger partial charge in [-0.3, -0.25) is 4.79 Å². The summed E-state index contributed by atoms with van der Waals surface area (Å²) in [5.74, 6) is 1.04. The van der Waals surface area contributed by atoms with Crippen LogP contribution in [-0.2, 0) is 16.1 Å². The van der Waals surface area contributed by atoms with E-state index in [1.54, 1.807) is 0 Å². The number of carbonyl (C=O) groups is 1. The van der Waals surface area contributed by atoms with Crippen LogP contribution in [0.15, 0.2) is 18.3 Å². The average molecular weight is 292 g/mol. The highest BCUT2D eigenvalue weighted by Crippen LogP contribution is 2.12. The molecule has 116 valence electrons. The van der Waals surface area contributed by atoms with Crippen molar-refractivity contribution in [2.45, 2.75) is 19.9 Å². The summed E-state index contributed by atoms with van der Waals surface area (Å²) in [7, 11) is 0. The van der Waals surface area contributed by atoms with Gasteiger partial charge in [-0.15, -0.1) is 0 Å². The van der Waals surface area contributed by atoms with Crippen molar-refractivity contribution < 1.29 is 9.53 Å². The van der Waals surface area contributed by atoms with Crippen LogP contribution in [-0.4, -0.2) is 50.3 Å². The van der Waals surface area contributed by atoms with Crippen molar-refractivity contribution in [2.75, 3.05) is 44.3 Å². The van der Waals surface area contributed by atoms with Gasteiger partial charge in [0.1, 0.15) is 5.82 Å². The molecule has 2 N–H and O–H groups in total.